The van der Waals surface area contributed by atoms with Crippen molar-refractivity contribution in [2.75, 3.05) is 6.61 Å². The first-order valence-electron chi connectivity index (χ1n) is 6.68. The lowest BCUT2D eigenvalue weighted by atomic mass is 10.1. The SMILES string of the molecule is CC.CC(C)CCOc1cc(C(C)C)ccn1. The molecular weight excluding hydrogens is 210 g/mol. The van der Waals surface area contributed by atoms with Gasteiger partial charge in [0.25, 0.3) is 0 Å². The number of pyridine rings is 1. The summed E-state index contributed by atoms with van der Waals surface area (Å²) in [5, 5.41) is 0. The summed E-state index contributed by atoms with van der Waals surface area (Å²) in [5.41, 5.74) is 1.28. The maximum atomic E-state index is 5.60. The average Bonchev–Trinajstić information content (AvgIpc) is 2.31. The molecule has 0 spiro atoms. The topological polar surface area (TPSA) is 22.1 Å². The van der Waals surface area contributed by atoms with Gasteiger partial charge in [0.05, 0.1) is 6.61 Å². The van der Waals surface area contributed by atoms with Crippen molar-refractivity contribution >= 4 is 0 Å². The summed E-state index contributed by atoms with van der Waals surface area (Å²) in [6.07, 6.45) is 2.90. The van der Waals surface area contributed by atoms with E-state index in [4.69, 9.17) is 4.74 Å². The molecule has 0 unspecified atom stereocenters. The molecule has 1 heterocycles. The van der Waals surface area contributed by atoms with E-state index in [0.29, 0.717) is 11.8 Å². The van der Waals surface area contributed by atoms with E-state index in [1.54, 1.807) is 0 Å². The summed E-state index contributed by atoms with van der Waals surface area (Å²) in [5.74, 6) is 1.96. The third kappa shape index (κ3) is 6.98. The second-order valence-corrected chi connectivity index (χ2v) is 4.61. The molecule has 0 aliphatic carbocycles. The Kier molecular flexibility index (Phi) is 8.47. The molecule has 17 heavy (non-hydrogen) atoms. The standard InChI is InChI=1S/C13H21NO.C2H6/c1-10(2)6-8-15-13-9-12(11(3)4)5-7-14-13;1-2/h5,7,9-11H,6,8H2,1-4H3;1-2H3. The lowest BCUT2D eigenvalue weighted by Crippen LogP contribution is -2.03. The minimum atomic E-state index is 0.528. The van der Waals surface area contributed by atoms with Gasteiger partial charge >= 0.3 is 0 Å². The zero-order chi connectivity index (χ0) is 13.3. The summed E-state index contributed by atoms with van der Waals surface area (Å²) in [6.45, 7) is 13.5. The van der Waals surface area contributed by atoms with Gasteiger partial charge in [-0.15, -0.1) is 0 Å². The summed E-state index contributed by atoms with van der Waals surface area (Å²) < 4.78 is 5.60. The van der Waals surface area contributed by atoms with Gasteiger partial charge < -0.3 is 4.74 Å². The molecule has 0 saturated carbocycles. The second kappa shape index (κ2) is 9.03. The predicted octanol–water partition coefficient (Wildman–Crippen LogP) is 4.66. The first kappa shape index (κ1) is 16.0. The molecule has 0 bridgehead atoms. The van der Waals surface area contributed by atoms with Crippen LogP contribution in [0.15, 0.2) is 18.3 Å². The van der Waals surface area contributed by atoms with Crippen LogP contribution in [0.25, 0.3) is 0 Å². The average molecular weight is 237 g/mol. The number of hydrogen-bond acceptors (Lipinski definition) is 2. The maximum absolute atomic E-state index is 5.60. The molecule has 1 rings (SSSR count). The van der Waals surface area contributed by atoms with Crippen molar-refractivity contribution in [3.8, 4) is 5.88 Å². The van der Waals surface area contributed by atoms with Crippen LogP contribution < -0.4 is 4.74 Å². The normalized spacial score (nSPS) is 10.1. The lowest BCUT2D eigenvalue weighted by molar-refractivity contribution is 0.279. The largest absolute Gasteiger partial charge is 0.478 e. The van der Waals surface area contributed by atoms with Crippen LogP contribution in [0.5, 0.6) is 5.88 Å². The Morgan fingerprint density at radius 3 is 2.35 bits per heavy atom. The van der Waals surface area contributed by atoms with E-state index in [0.717, 1.165) is 18.9 Å². The molecule has 0 fully saturated rings. The molecule has 0 radical (unpaired) electrons. The number of ether oxygens (including phenoxy) is 1. The highest BCUT2D eigenvalue weighted by molar-refractivity contribution is 5.22. The highest BCUT2D eigenvalue weighted by atomic mass is 16.5. The molecule has 1 aromatic heterocycles. The Bertz CT molecular complexity index is 295. The van der Waals surface area contributed by atoms with Crippen molar-refractivity contribution in [3.05, 3.63) is 23.9 Å². The van der Waals surface area contributed by atoms with Crippen molar-refractivity contribution < 1.29 is 4.74 Å². The van der Waals surface area contributed by atoms with Crippen LogP contribution in [0.3, 0.4) is 0 Å². The van der Waals surface area contributed by atoms with Crippen LogP contribution in [0.4, 0.5) is 0 Å². The number of nitrogens with zero attached hydrogens (tertiary/aromatic N) is 1. The fraction of sp³-hybridized carbons (Fsp3) is 0.667. The molecule has 2 nitrogen and oxygen atoms in total. The summed E-state index contributed by atoms with van der Waals surface area (Å²) in [4.78, 5) is 4.20. The molecule has 0 aliphatic rings. The summed E-state index contributed by atoms with van der Waals surface area (Å²) >= 11 is 0. The third-order valence-corrected chi connectivity index (χ3v) is 2.37. The first-order valence-corrected chi connectivity index (χ1v) is 6.68. The van der Waals surface area contributed by atoms with Crippen LogP contribution in [0, 0.1) is 5.92 Å². The van der Waals surface area contributed by atoms with Gasteiger partial charge in [0.15, 0.2) is 0 Å². The zero-order valence-electron chi connectivity index (χ0n) is 12.2. The van der Waals surface area contributed by atoms with E-state index in [9.17, 15) is 0 Å². The molecule has 0 amide bonds. The smallest absolute Gasteiger partial charge is 0.213 e. The molecule has 0 aromatic carbocycles. The van der Waals surface area contributed by atoms with Gasteiger partial charge in [-0.2, -0.15) is 0 Å². The van der Waals surface area contributed by atoms with E-state index < -0.39 is 0 Å². The van der Waals surface area contributed by atoms with Gasteiger partial charge in [0.2, 0.25) is 5.88 Å². The first-order chi connectivity index (χ1) is 8.09. The molecular formula is C15H27NO. The van der Waals surface area contributed by atoms with Crippen molar-refractivity contribution in [3.63, 3.8) is 0 Å². The van der Waals surface area contributed by atoms with Crippen LogP contribution >= 0.6 is 0 Å². The van der Waals surface area contributed by atoms with E-state index in [2.05, 4.69) is 32.7 Å². The third-order valence-electron chi connectivity index (χ3n) is 2.37. The monoisotopic (exact) mass is 237 g/mol. The molecule has 1 aromatic rings. The molecule has 0 N–H and O–H groups in total. The second-order valence-electron chi connectivity index (χ2n) is 4.61. The highest BCUT2D eigenvalue weighted by Crippen LogP contribution is 2.17. The van der Waals surface area contributed by atoms with Crippen molar-refractivity contribution in [1.29, 1.82) is 0 Å². The Morgan fingerprint density at radius 2 is 1.82 bits per heavy atom. The molecule has 2 heteroatoms. The van der Waals surface area contributed by atoms with Crippen molar-refractivity contribution in [1.82, 2.24) is 4.98 Å². The number of rotatable bonds is 5. The predicted molar refractivity (Wildman–Crippen MR) is 74.6 cm³/mol. The number of hydrogen-bond donors (Lipinski definition) is 0. The van der Waals surface area contributed by atoms with Crippen LogP contribution in [0.2, 0.25) is 0 Å². The molecule has 0 saturated heterocycles. The van der Waals surface area contributed by atoms with Gasteiger partial charge in [-0.05, 0) is 29.9 Å². The van der Waals surface area contributed by atoms with Gasteiger partial charge in [0.1, 0.15) is 0 Å². The van der Waals surface area contributed by atoms with E-state index in [1.807, 2.05) is 32.2 Å². The minimum absolute atomic E-state index is 0.528. The van der Waals surface area contributed by atoms with Crippen molar-refractivity contribution in [2.45, 2.75) is 53.9 Å². The van der Waals surface area contributed by atoms with Gasteiger partial charge in [-0.25, -0.2) is 4.98 Å². The Balaban J connectivity index is 0.00000121. The van der Waals surface area contributed by atoms with E-state index in [-0.39, 0.29) is 0 Å². The van der Waals surface area contributed by atoms with Crippen LogP contribution in [-0.4, -0.2) is 11.6 Å². The quantitative estimate of drug-likeness (QED) is 0.743. The van der Waals surface area contributed by atoms with Gasteiger partial charge in [0, 0.05) is 12.3 Å². The van der Waals surface area contributed by atoms with Gasteiger partial charge in [-0.3, -0.25) is 0 Å². The maximum Gasteiger partial charge on any atom is 0.213 e. The summed E-state index contributed by atoms with van der Waals surface area (Å²) in [7, 11) is 0. The fourth-order valence-electron chi connectivity index (χ4n) is 1.26. The minimum Gasteiger partial charge on any atom is -0.478 e. The highest BCUT2D eigenvalue weighted by Gasteiger charge is 2.02. The van der Waals surface area contributed by atoms with Gasteiger partial charge in [-0.1, -0.05) is 41.5 Å². The summed E-state index contributed by atoms with van der Waals surface area (Å²) in [6, 6.07) is 4.07. The lowest BCUT2D eigenvalue weighted by Gasteiger charge is -2.09. The molecule has 0 atom stereocenters. The Morgan fingerprint density at radius 1 is 1.18 bits per heavy atom. The van der Waals surface area contributed by atoms with Crippen molar-refractivity contribution in [2.24, 2.45) is 5.92 Å². The molecule has 98 valence electrons. The number of aromatic nitrogens is 1. The zero-order valence-corrected chi connectivity index (χ0v) is 12.2. The van der Waals surface area contributed by atoms with Crippen LogP contribution in [0.1, 0.15) is 59.4 Å². The Labute approximate surface area is 106 Å². The Hall–Kier alpha value is -1.05. The fourth-order valence-corrected chi connectivity index (χ4v) is 1.26. The molecule has 0 aliphatic heterocycles. The van der Waals surface area contributed by atoms with Crippen LogP contribution in [-0.2, 0) is 0 Å². The van der Waals surface area contributed by atoms with E-state index in [1.165, 1.54) is 5.56 Å². The van der Waals surface area contributed by atoms with E-state index >= 15 is 0 Å².